The highest BCUT2D eigenvalue weighted by Crippen LogP contribution is 2.48. The van der Waals surface area contributed by atoms with Crippen molar-refractivity contribution in [2.75, 3.05) is 7.11 Å². The molecule has 1 aromatic rings. The molecule has 0 amide bonds. The van der Waals surface area contributed by atoms with E-state index in [1.165, 1.54) is 23.1 Å². The highest BCUT2D eigenvalue weighted by atomic mass is 16.5. The van der Waals surface area contributed by atoms with Gasteiger partial charge in [0.1, 0.15) is 5.75 Å². The zero-order chi connectivity index (χ0) is 11.9. The van der Waals surface area contributed by atoms with Crippen LogP contribution in [-0.4, -0.2) is 7.11 Å². The van der Waals surface area contributed by atoms with E-state index >= 15 is 0 Å². The molecule has 1 aromatic carbocycles. The molecular weight excluding hydrogens is 198 g/mol. The van der Waals surface area contributed by atoms with Crippen molar-refractivity contribution < 1.29 is 4.74 Å². The van der Waals surface area contributed by atoms with Crippen LogP contribution in [0, 0.1) is 25.7 Å². The highest BCUT2D eigenvalue weighted by Gasteiger charge is 2.39. The van der Waals surface area contributed by atoms with Gasteiger partial charge in [-0.2, -0.15) is 0 Å². The molecule has 0 saturated heterocycles. The first-order valence-corrected chi connectivity index (χ1v) is 5.96. The molecule has 0 spiro atoms. The van der Waals surface area contributed by atoms with Crippen LogP contribution in [0.1, 0.15) is 36.1 Å². The Morgan fingerprint density at radius 3 is 2.50 bits per heavy atom. The molecule has 0 aliphatic heterocycles. The summed E-state index contributed by atoms with van der Waals surface area (Å²) in [5, 5.41) is 0. The first kappa shape index (κ1) is 11.5. The lowest BCUT2D eigenvalue weighted by atomic mass is 9.96. The molecule has 16 heavy (non-hydrogen) atoms. The lowest BCUT2D eigenvalue weighted by Crippen LogP contribution is -2.15. The van der Waals surface area contributed by atoms with Crippen LogP contribution >= 0.6 is 0 Å². The molecular formula is C14H21NO. The minimum Gasteiger partial charge on any atom is -0.496 e. The molecule has 1 aliphatic carbocycles. The van der Waals surface area contributed by atoms with Gasteiger partial charge in [-0.1, -0.05) is 19.1 Å². The Labute approximate surface area is 97.8 Å². The number of aryl methyl sites for hydroxylation is 1. The largest absolute Gasteiger partial charge is 0.496 e. The molecule has 1 saturated carbocycles. The third kappa shape index (κ3) is 1.82. The van der Waals surface area contributed by atoms with Crippen LogP contribution in [0.4, 0.5) is 0 Å². The molecule has 1 fully saturated rings. The van der Waals surface area contributed by atoms with E-state index in [9.17, 15) is 0 Å². The normalized spacial score (nSPS) is 25.3. The Morgan fingerprint density at radius 2 is 2.00 bits per heavy atom. The van der Waals surface area contributed by atoms with Crippen LogP contribution in [0.5, 0.6) is 5.75 Å². The lowest BCUT2D eigenvalue weighted by Gasteiger charge is -2.18. The summed E-state index contributed by atoms with van der Waals surface area (Å²) in [7, 11) is 1.73. The average Bonchev–Trinajstić information content (AvgIpc) is 2.98. The Balaban J connectivity index is 2.36. The van der Waals surface area contributed by atoms with E-state index < -0.39 is 0 Å². The number of rotatable bonds is 3. The van der Waals surface area contributed by atoms with Gasteiger partial charge in [-0.3, -0.25) is 0 Å². The number of nitrogens with two attached hydrogens (primary N) is 1. The van der Waals surface area contributed by atoms with Crippen molar-refractivity contribution in [2.45, 2.75) is 33.2 Å². The molecule has 2 N–H and O–H groups in total. The van der Waals surface area contributed by atoms with Gasteiger partial charge >= 0.3 is 0 Å². The Bertz CT molecular complexity index is 400. The molecule has 0 radical (unpaired) electrons. The maximum atomic E-state index is 6.31. The Morgan fingerprint density at radius 1 is 1.38 bits per heavy atom. The Hall–Kier alpha value is -1.02. The Kier molecular flexibility index (Phi) is 2.94. The summed E-state index contributed by atoms with van der Waals surface area (Å²) in [4.78, 5) is 0. The first-order valence-electron chi connectivity index (χ1n) is 5.96. The zero-order valence-electron chi connectivity index (χ0n) is 10.6. The van der Waals surface area contributed by atoms with E-state index in [1.807, 2.05) is 0 Å². The van der Waals surface area contributed by atoms with Crippen molar-refractivity contribution in [2.24, 2.45) is 17.6 Å². The topological polar surface area (TPSA) is 35.2 Å². The van der Waals surface area contributed by atoms with Crippen LogP contribution in [-0.2, 0) is 0 Å². The van der Waals surface area contributed by atoms with E-state index in [2.05, 4.69) is 32.9 Å². The molecule has 0 bridgehead atoms. The predicted molar refractivity (Wildman–Crippen MR) is 66.7 cm³/mol. The monoisotopic (exact) mass is 219 g/mol. The van der Waals surface area contributed by atoms with Crippen LogP contribution in [0.3, 0.4) is 0 Å². The fraction of sp³-hybridized carbons (Fsp3) is 0.571. The third-order valence-corrected chi connectivity index (χ3v) is 3.90. The fourth-order valence-electron chi connectivity index (χ4n) is 2.43. The summed E-state index contributed by atoms with van der Waals surface area (Å²) in [5.41, 5.74) is 9.95. The van der Waals surface area contributed by atoms with Gasteiger partial charge in [0.25, 0.3) is 0 Å². The quantitative estimate of drug-likeness (QED) is 0.848. The minimum absolute atomic E-state index is 0.129. The van der Waals surface area contributed by atoms with Crippen molar-refractivity contribution in [1.29, 1.82) is 0 Å². The number of hydrogen-bond acceptors (Lipinski definition) is 2. The highest BCUT2D eigenvalue weighted by molar-refractivity contribution is 5.47. The van der Waals surface area contributed by atoms with Crippen molar-refractivity contribution >= 4 is 0 Å². The fourth-order valence-corrected chi connectivity index (χ4v) is 2.43. The summed E-state index contributed by atoms with van der Waals surface area (Å²) in [6.45, 7) is 6.46. The van der Waals surface area contributed by atoms with E-state index in [-0.39, 0.29) is 6.04 Å². The molecule has 1 aliphatic rings. The maximum Gasteiger partial charge on any atom is 0.126 e. The molecule has 0 heterocycles. The maximum absolute atomic E-state index is 6.31. The summed E-state index contributed by atoms with van der Waals surface area (Å²) < 4.78 is 5.51. The second-order valence-electron chi connectivity index (χ2n) is 5.03. The standard InChI is InChI=1S/C14H21NO/c1-8-5-6-11(14(16-4)10(8)3)13(15)12-7-9(12)2/h5-6,9,12-13H,7,15H2,1-4H3. The number of ether oxygens (including phenoxy) is 1. The van der Waals surface area contributed by atoms with Gasteiger partial charge in [0.2, 0.25) is 0 Å². The van der Waals surface area contributed by atoms with Gasteiger partial charge < -0.3 is 10.5 Å². The SMILES string of the molecule is COc1c(C(N)C2CC2C)ccc(C)c1C. The van der Waals surface area contributed by atoms with E-state index in [0.29, 0.717) is 5.92 Å². The van der Waals surface area contributed by atoms with Crippen LogP contribution in [0.2, 0.25) is 0 Å². The van der Waals surface area contributed by atoms with Gasteiger partial charge in [-0.25, -0.2) is 0 Å². The van der Waals surface area contributed by atoms with Crippen LogP contribution in [0.15, 0.2) is 12.1 Å². The summed E-state index contributed by atoms with van der Waals surface area (Å²) >= 11 is 0. The second-order valence-corrected chi connectivity index (χ2v) is 5.03. The van der Waals surface area contributed by atoms with Crippen molar-refractivity contribution in [3.05, 3.63) is 28.8 Å². The molecule has 2 heteroatoms. The molecule has 2 nitrogen and oxygen atoms in total. The second kappa shape index (κ2) is 4.10. The molecule has 3 unspecified atom stereocenters. The number of hydrogen-bond donors (Lipinski definition) is 1. The van der Waals surface area contributed by atoms with Gasteiger partial charge in [0.15, 0.2) is 0 Å². The summed E-state index contributed by atoms with van der Waals surface area (Å²) in [5.74, 6) is 2.38. The molecule has 88 valence electrons. The van der Waals surface area contributed by atoms with E-state index in [4.69, 9.17) is 10.5 Å². The third-order valence-electron chi connectivity index (χ3n) is 3.90. The number of benzene rings is 1. The van der Waals surface area contributed by atoms with Crippen molar-refractivity contribution in [3.63, 3.8) is 0 Å². The van der Waals surface area contributed by atoms with Crippen LogP contribution in [0.25, 0.3) is 0 Å². The van der Waals surface area contributed by atoms with Gasteiger partial charge in [0, 0.05) is 11.6 Å². The molecule has 2 rings (SSSR count). The average molecular weight is 219 g/mol. The van der Waals surface area contributed by atoms with E-state index in [1.54, 1.807) is 7.11 Å². The van der Waals surface area contributed by atoms with Crippen LogP contribution < -0.4 is 10.5 Å². The van der Waals surface area contributed by atoms with Gasteiger partial charge in [0.05, 0.1) is 7.11 Å². The molecule has 0 aromatic heterocycles. The van der Waals surface area contributed by atoms with Crippen molar-refractivity contribution in [3.8, 4) is 5.75 Å². The molecule has 3 atom stereocenters. The first-order chi connectivity index (χ1) is 7.56. The van der Waals surface area contributed by atoms with Gasteiger partial charge in [-0.05, 0) is 43.2 Å². The lowest BCUT2D eigenvalue weighted by molar-refractivity contribution is 0.398. The summed E-state index contributed by atoms with van der Waals surface area (Å²) in [6.07, 6.45) is 1.25. The van der Waals surface area contributed by atoms with Crippen molar-refractivity contribution in [1.82, 2.24) is 0 Å². The number of methoxy groups -OCH3 is 1. The predicted octanol–water partition coefficient (Wildman–Crippen LogP) is 2.97. The van der Waals surface area contributed by atoms with E-state index in [0.717, 1.165) is 11.7 Å². The summed E-state index contributed by atoms with van der Waals surface area (Å²) in [6, 6.07) is 4.39. The smallest absolute Gasteiger partial charge is 0.126 e. The minimum atomic E-state index is 0.129. The van der Waals surface area contributed by atoms with Gasteiger partial charge in [-0.15, -0.1) is 0 Å². The zero-order valence-corrected chi connectivity index (χ0v) is 10.6.